The van der Waals surface area contributed by atoms with Gasteiger partial charge in [0.2, 0.25) is 0 Å². The van der Waals surface area contributed by atoms with Crippen molar-refractivity contribution in [2.45, 2.75) is 13.8 Å². The summed E-state index contributed by atoms with van der Waals surface area (Å²) in [6.45, 7) is 3.12. The van der Waals surface area contributed by atoms with E-state index in [0.29, 0.717) is 17.1 Å². The number of nitro groups is 1. The number of carbonyl (C=O) groups is 1. The molecule has 8 nitrogen and oxygen atoms in total. The molecule has 8 heteroatoms. The van der Waals surface area contributed by atoms with Crippen molar-refractivity contribution in [1.29, 1.82) is 0 Å². The zero-order valence-electron chi connectivity index (χ0n) is 10.2. The molecule has 1 N–H and O–H groups in total. The molecule has 98 valence electrons. The zero-order valence-corrected chi connectivity index (χ0v) is 10.2. The molecule has 0 saturated heterocycles. The lowest BCUT2D eigenvalue weighted by atomic mass is 10.3. The van der Waals surface area contributed by atoms with Crippen molar-refractivity contribution < 1.29 is 14.8 Å². The minimum Gasteiger partial charge on any atom is -0.477 e. The SMILES string of the molecule is Cc1nn(-c2ccc(C(=O)O)nc2)c(C)c1[N+](=O)[O-]. The average Bonchev–Trinajstić information content (AvgIpc) is 2.65. The van der Waals surface area contributed by atoms with Gasteiger partial charge in [-0.15, -0.1) is 0 Å². The number of aromatic nitrogens is 3. The second-order valence-corrected chi connectivity index (χ2v) is 3.90. The molecule has 0 bridgehead atoms. The van der Waals surface area contributed by atoms with Crippen molar-refractivity contribution in [3.05, 3.63) is 45.5 Å². The molecular weight excluding hydrogens is 252 g/mol. The van der Waals surface area contributed by atoms with E-state index in [1.54, 1.807) is 13.8 Å². The van der Waals surface area contributed by atoms with Gasteiger partial charge in [-0.1, -0.05) is 0 Å². The second-order valence-electron chi connectivity index (χ2n) is 3.90. The molecule has 0 atom stereocenters. The Morgan fingerprint density at radius 3 is 2.53 bits per heavy atom. The second kappa shape index (κ2) is 4.48. The molecule has 2 rings (SSSR count). The van der Waals surface area contributed by atoms with Crippen LogP contribution in [-0.2, 0) is 0 Å². The van der Waals surface area contributed by atoms with Crippen LogP contribution >= 0.6 is 0 Å². The van der Waals surface area contributed by atoms with Crippen molar-refractivity contribution in [2.75, 3.05) is 0 Å². The van der Waals surface area contributed by atoms with Gasteiger partial charge in [-0.3, -0.25) is 10.1 Å². The lowest BCUT2D eigenvalue weighted by Gasteiger charge is -2.03. The Bertz CT molecular complexity index is 660. The standard InChI is InChI=1S/C11H10N4O4/c1-6-10(15(18)19)7(2)14(13-6)8-3-4-9(11(16)17)12-5-8/h3-5H,1-2H3,(H,16,17). The normalized spacial score (nSPS) is 10.4. The molecule has 2 aromatic rings. The Hall–Kier alpha value is -2.77. The predicted octanol–water partition coefficient (Wildman–Crippen LogP) is 1.49. The maximum absolute atomic E-state index is 10.9. The van der Waals surface area contributed by atoms with E-state index in [1.807, 2.05) is 0 Å². The molecule has 0 fully saturated rings. The molecular formula is C11H10N4O4. The lowest BCUT2D eigenvalue weighted by Crippen LogP contribution is -2.04. The molecule has 0 aliphatic rings. The highest BCUT2D eigenvalue weighted by atomic mass is 16.6. The van der Waals surface area contributed by atoms with Gasteiger partial charge in [0.05, 0.1) is 16.8 Å². The van der Waals surface area contributed by atoms with E-state index in [9.17, 15) is 14.9 Å². The highest BCUT2D eigenvalue weighted by Crippen LogP contribution is 2.24. The summed E-state index contributed by atoms with van der Waals surface area (Å²) in [5.41, 5.74) is 0.984. The largest absolute Gasteiger partial charge is 0.477 e. The first-order chi connectivity index (χ1) is 8.91. The molecule has 2 heterocycles. The number of pyridine rings is 1. The van der Waals surface area contributed by atoms with E-state index in [2.05, 4.69) is 10.1 Å². The van der Waals surface area contributed by atoms with Crippen LogP contribution in [0, 0.1) is 24.0 Å². The van der Waals surface area contributed by atoms with Crippen LogP contribution in [0.3, 0.4) is 0 Å². The van der Waals surface area contributed by atoms with Gasteiger partial charge < -0.3 is 5.11 Å². The van der Waals surface area contributed by atoms with Gasteiger partial charge in [-0.2, -0.15) is 5.10 Å². The first-order valence-electron chi connectivity index (χ1n) is 5.32. The number of carboxylic acid groups (broad SMARTS) is 1. The molecule has 0 radical (unpaired) electrons. The highest BCUT2D eigenvalue weighted by molar-refractivity contribution is 5.85. The Balaban J connectivity index is 2.51. The topological polar surface area (TPSA) is 111 Å². The molecule has 0 aliphatic heterocycles. The van der Waals surface area contributed by atoms with E-state index in [0.717, 1.165) is 0 Å². The third kappa shape index (κ3) is 2.15. The van der Waals surface area contributed by atoms with Gasteiger partial charge in [0, 0.05) is 0 Å². The first-order valence-corrected chi connectivity index (χ1v) is 5.32. The number of carboxylic acids is 1. The van der Waals surface area contributed by atoms with Gasteiger partial charge in [-0.05, 0) is 26.0 Å². The number of hydrogen-bond donors (Lipinski definition) is 1. The number of aromatic carboxylic acids is 1. The van der Waals surface area contributed by atoms with Crippen LogP contribution in [0.1, 0.15) is 21.9 Å². The van der Waals surface area contributed by atoms with Gasteiger partial charge in [0.1, 0.15) is 17.1 Å². The predicted molar refractivity (Wildman–Crippen MR) is 64.4 cm³/mol. The smallest absolute Gasteiger partial charge is 0.354 e. The molecule has 0 amide bonds. The Morgan fingerprint density at radius 2 is 2.11 bits per heavy atom. The summed E-state index contributed by atoms with van der Waals surface area (Å²) in [5, 5.41) is 23.7. The van der Waals surface area contributed by atoms with Crippen LogP contribution in [0.2, 0.25) is 0 Å². The summed E-state index contributed by atoms with van der Waals surface area (Å²) in [5.74, 6) is -1.13. The molecule has 0 saturated carbocycles. The number of nitrogens with zero attached hydrogens (tertiary/aromatic N) is 4. The molecule has 19 heavy (non-hydrogen) atoms. The van der Waals surface area contributed by atoms with Crippen LogP contribution in [0.4, 0.5) is 5.69 Å². The van der Waals surface area contributed by atoms with Gasteiger partial charge in [-0.25, -0.2) is 14.5 Å². The minimum absolute atomic E-state index is 0.0534. The highest BCUT2D eigenvalue weighted by Gasteiger charge is 2.22. The van der Waals surface area contributed by atoms with Crippen LogP contribution in [0.15, 0.2) is 18.3 Å². The fourth-order valence-electron chi connectivity index (χ4n) is 1.79. The number of aryl methyl sites for hydroxylation is 1. The average molecular weight is 262 g/mol. The van der Waals surface area contributed by atoms with E-state index < -0.39 is 10.9 Å². The molecule has 2 aromatic heterocycles. The zero-order chi connectivity index (χ0) is 14.2. The van der Waals surface area contributed by atoms with Crippen molar-refractivity contribution in [3.8, 4) is 5.69 Å². The summed E-state index contributed by atoms with van der Waals surface area (Å²) >= 11 is 0. The van der Waals surface area contributed by atoms with E-state index >= 15 is 0 Å². The summed E-state index contributed by atoms with van der Waals surface area (Å²) in [6, 6.07) is 2.82. The van der Waals surface area contributed by atoms with Crippen LogP contribution in [0.5, 0.6) is 0 Å². The van der Waals surface area contributed by atoms with Crippen molar-refractivity contribution in [3.63, 3.8) is 0 Å². The summed E-state index contributed by atoms with van der Waals surface area (Å²) < 4.78 is 1.37. The quantitative estimate of drug-likeness (QED) is 0.662. The Kier molecular flexibility index (Phi) is 2.99. The lowest BCUT2D eigenvalue weighted by molar-refractivity contribution is -0.386. The summed E-state index contributed by atoms with van der Waals surface area (Å²) in [6.07, 6.45) is 1.31. The molecule has 0 spiro atoms. The molecule has 0 aliphatic carbocycles. The van der Waals surface area contributed by atoms with Crippen molar-refractivity contribution >= 4 is 11.7 Å². The fraction of sp³-hybridized carbons (Fsp3) is 0.182. The van der Waals surface area contributed by atoms with Crippen molar-refractivity contribution in [2.24, 2.45) is 0 Å². The van der Waals surface area contributed by atoms with E-state index in [-0.39, 0.29) is 11.4 Å². The van der Waals surface area contributed by atoms with Crippen LogP contribution in [0.25, 0.3) is 5.69 Å². The third-order valence-electron chi connectivity index (χ3n) is 2.65. The van der Waals surface area contributed by atoms with Gasteiger partial charge in [0.15, 0.2) is 0 Å². The Morgan fingerprint density at radius 1 is 1.42 bits per heavy atom. The van der Waals surface area contributed by atoms with Gasteiger partial charge in [0.25, 0.3) is 0 Å². The Labute approximate surface area is 107 Å². The maximum atomic E-state index is 10.9. The summed E-state index contributed by atoms with van der Waals surface area (Å²) in [7, 11) is 0. The molecule has 0 unspecified atom stereocenters. The third-order valence-corrected chi connectivity index (χ3v) is 2.65. The van der Waals surface area contributed by atoms with Crippen LogP contribution < -0.4 is 0 Å². The van der Waals surface area contributed by atoms with Crippen molar-refractivity contribution in [1.82, 2.24) is 14.8 Å². The first kappa shape index (κ1) is 12.7. The minimum atomic E-state index is -1.13. The van der Waals surface area contributed by atoms with Crippen LogP contribution in [-0.4, -0.2) is 30.8 Å². The van der Waals surface area contributed by atoms with E-state index in [1.165, 1.54) is 23.0 Å². The number of hydrogen-bond acceptors (Lipinski definition) is 5. The maximum Gasteiger partial charge on any atom is 0.354 e. The van der Waals surface area contributed by atoms with Gasteiger partial charge >= 0.3 is 11.7 Å². The fourth-order valence-corrected chi connectivity index (χ4v) is 1.79. The van der Waals surface area contributed by atoms with E-state index in [4.69, 9.17) is 5.11 Å². The summed E-state index contributed by atoms with van der Waals surface area (Å²) in [4.78, 5) is 24.8. The number of rotatable bonds is 3. The molecule has 0 aromatic carbocycles. The monoisotopic (exact) mass is 262 g/mol.